The van der Waals surface area contributed by atoms with Crippen molar-refractivity contribution in [2.75, 3.05) is 11.4 Å². The Kier molecular flexibility index (Phi) is 3.35. The van der Waals surface area contributed by atoms with Gasteiger partial charge in [0.2, 0.25) is 0 Å². The molecule has 2 aromatic heterocycles. The predicted octanol–water partition coefficient (Wildman–Crippen LogP) is 0.209. The summed E-state index contributed by atoms with van der Waals surface area (Å²) in [6, 6.07) is 0.0534. The van der Waals surface area contributed by atoms with Gasteiger partial charge in [-0.1, -0.05) is 6.92 Å². The summed E-state index contributed by atoms with van der Waals surface area (Å²) in [5.74, 6) is -0.324. The van der Waals surface area contributed by atoms with Crippen molar-refractivity contribution in [3.8, 4) is 0 Å². The quantitative estimate of drug-likeness (QED) is 0.810. The van der Waals surface area contributed by atoms with Gasteiger partial charge in [0.05, 0.1) is 12.4 Å². The molecular formula is C10H14N6O2. The van der Waals surface area contributed by atoms with Gasteiger partial charge in [-0.15, -0.1) is 5.10 Å². The third-order valence-electron chi connectivity index (χ3n) is 2.81. The minimum absolute atomic E-state index is 0.0534. The van der Waals surface area contributed by atoms with Crippen LogP contribution in [0.5, 0.6) is 0 Å². The minimum Gasteiger partial charge on any atom is -0.480 e. The van der Waals surface area contributed by atoms with Gasteiger partial charge >= 0.3 is 5.97 Å². The zero-order valence-electron chi connectivity index (χ0n) is 10.2. The maximum atomic E-state index is 11.0. The predicted molar refractivity (Wildman–Crippen MR) is 63.3 cm³/mol. The molecule has 0 fully saturated rings. The number of anilines is 1. The van der Waals surface area contributed by atoms with Crippen LogP contribution < -0.4 is 4.90 Å². The Morgan fingerprint density at radius 1 is 1.56 bits per heavy atom. The van der Waals surface area contributed by atoms with E-state index in [4.69, 9.17) is 5.11 Å². The molecule has 0 aliphatic carbocycles. The largest absolute Gasteiger partial charge is 0.480 e. The molecule has 1 atom stereocenters. The van der Waals surface area contributed by atoms with Crippen LogP contribution in [-0.4, -0.2) is 48.7 Å². The van der Waals surface area contributed by atoms with Gasteiger partial charge in [0.25, 0.3) is 0 Å². The number of rotatable bonds is 5. The van der Waals surface area contributed by atoms with Crippen LogP contribution in [0.15, 0.2) is 12.4 Å². The minimum atomic E-state index is -0.902. The molecule has 0 radical (unpaired) electrons. The Balaban J connectivity index is 2.46. The van der Waals surface area contributed by atoms with Crippen LogP contribution >= 0.6 is 0 Å². The molecule has 0 aliphatic heterocycles. The molecule has 0 spiro atoms. The number of hydrogen-bond acceptors (Lipinski definition) is 6. The van der Waals surface area contributed by atoms with Crippen LogP contribution in [0.4, 0.5) is 5.82 Å². The second-order valence-electron chi connectivity index (χ2n) is 3.99. The fourth-order valence-corrected chi connectivity index (χ4v) is 1.69. The molecule has 1 N–H and O–H groups in total. The Bertz CT molecular complexity index is 554. The number of fused-ring (bicyclic) bond motifs is 1. The third-order valence-corrected chi connectivity index (χ3v) is 2.81. The number of tetrazole rings is 1. The zero-order valence-corrected chi connectivity index (χ0v) is 10.2. The van der Waals surface area contributed by atoms with E-state index in [0.717, 1.165) is 6.42 Å². The lowest BCUT2D eigenvalue weighted by Gasteiger charge is -2.28. The summed E-state index contributed by atoms with van der Waals surface area (Å²) in [6.45, 7) is 3.83. The highest BCUT2D eigenvalue weighted by molar-refractivity contribution is 5.73. The van der Waals surface area contributed by atoms with Crippen molar-refractivity contribution >= 4 is 17.4 Å². The lowest BCUT2D eigenvalue weighted by molar-refractivity contribution is -0.135. The Morgan fingerprint density at radius 3 is 3.00 bits per heavy atom. The standard InChI is InChI=1S/C10H14N6O2/c1-3-7(2)15(6-10(17)18)9-5-11-4-8-12-13-14-16(8)9/h4-5,7H,3,6H2,1-2H3,(H,17,18). The Morgan fingerprint density at radius 2 is 2.33 bits per heavy atom. The number of carboxylic acid groups (broad SMARTS) is 1. The zero-order chi connectivity index (χ0) is 13.1. The van der Waals surface area contributed by atoms with Gasteiger partial charge in [0.1, 0.15) is 6.54 Å². The first-order valence-electron chi connectivity index (χ1n) is 5.64. The van der Waals surface area contributed by atoms with Crippen molar-refractivity contribution in [3.63, 3.8) is 0 Å². The van der Waals surface area contributed by atoms with Crippen molar-refractivity contribution in [2.24, 2.45) is 0 Å². The molecule has 0 aromatic carbocycles. The third kappa shape index (κ3) is 2.22. The fourth-order valence-electron chi connectivity index (χ4n) is 1.69. The van der Waals surface area contributed by atoms with Crippen molar-refractivity contribution in [3.05, 3.63) is 12.4 Å². The molecule has 8 nitrogen and oxygen atoms in total. The topological polar surface area (TPSA) is 96.5 Å². The van der Waals surface area contributed by atoms with E-state index in [1.165, 1.54) is 10.7 Å². The van der Waals surface area contributed by atoms with Gasteiger partial charge in [-0.3, -0.25) is 9.78 Å². The molecular weight excluding hydrogens is 236 g/mol. The second kappa shape index (κ2) is 4.94. The molecule has 8 heteroatoms. The fraction of sp³-hybridized carbons (Fsp3) is 0.500. The Labute approximate surface area is 103 Å². The molecule has 96 valence electrons. The number of hydrogen-bond donors (Lipinski definition) is 1. The van der Waals surface area contributed by atoms with Crippen LogP contribution in [-0.2, 0) is 4.79 Å². The van der Waals surface area contributed by atoms with Gasteiger partial charge in [0.15, 0.2) is 11.5 Å². The summed E-state index contributed by atoms with van der Waals surface area (Å²) < 4.78 is 1.49. The summed E-state index contributed by atoms with van der Waals surface area (Å²) in [7, 11) is 0. The van der Waals surface area contributed by atoms with Gasteiger partial charge in [-0.2, -0.15) is 4.52 Å². The number of aliphatic carboxylic acids is 1. The second-order valence-corrected chi connectivity index (χ2v) is 3.99. The summed E-state index contributed by atoms with van der Waals surface area (Å²) in [6.07, 6.45) is 3.91. The van der Waals surface area contributed by atoms with Gasteiger partial charge in [-0.25, -0.2) is 0 Å². The van der Waals surface area contributed by atoms with Crippen molar-refractivity contribution in [2.45, 2.75) is 26.3 Å². The first kappa shape index (κ1) is 12.2. The van der Waals surface area contributed by atoms with E-state index >= 15 is 0 Å². The monoisotopic (exact) mass is 250 g/mol. The van der Waals surface area contributed by atoms with E-state index < -0.39 is 5.97 Å². The average Bonchev–Trinajstić information content (AvgIpc) is 2.83. The molecule has 18 heavy (non-hydrogen) atoms. The molecule has 0 aliphatic rings. The summed E-state index contributed by atoms with van der Waals surface area (Å²) >= 11 is 0. The first-order valence-corrected chi connectivity index (χ1v) is 5.64. The van der Waals surface area contributed by atoms with Crippen LogP contribution in [0.1, 0.15) is 20.3 Å². The number of carbonyl (C=O) groups is 1. The van der Waals surface area contributed by atoms with E-state index in [2.05, 4.69) is 20.5 Å². The first-order chi connectivity index (χ1) is 8.63. The molecule has 0 amide bonds. The normalized spacial score (nSPS) is 12.6. The molecule has 2 rings (SSSR count). The summed E-state index contributed by atoms with van der Waals surface area (Å²) in [5.41, 5.74) is 0.492. The van der Waals surface area contributed by atoms with E-state index in [9.17, 15) is 4.79 Å². The maximum Gasteiger partial charge on any atom is 0.323 e. The smallest absolute Gasteiger partial charge is 0.323 e. The van der Waals surface area contributed by atoms with E-state index in [0.29, 0.717) is 11.5 Å². The van der Waals surface area contributed by atoms with Crippen LogP contribution in [0, 0.1) is 0 Å². The van der Waals surface area contributed by atoms with Crippen LogP contribution in [0.2, 0.25) is 0 Å². The lowest BCUT2D eigenvalue weighted by atomic mass is 10.2. The van der Waals surface area contributed by atoms with E-state index in [-0.39, 0.29) is 12.6 Å². The molecule has 2 aromatic rings. The molecule has 0 saturated carbocycles. The van der Waals surface area contributed by atoms with E-state index in [1.54, 1.807) is 11.1 Å². The van der Waals surface area contributed by atoms with Gasteiger partial charge < -0.3 is 10.0 Å². The molecule has 0 bridgehead atoms. The van der Waals surface area contributed by atoms with E-state index in [1.807, 2.05) is 13.8 Å². The van der Waals surface area contributed by atoms with Crippen molar-refractivity contribution in [1.29, 1.82) is 0 Å². The summed E-state index contributed by atoms with van der Waals surface area (Å²) in [5, 5.41) is 20.2. The number of aromatic nitrogens is 5. The van der Waals surface area contributed by atoms with Crippen molar-refractivity contribution < 1.29 is 9.90 Å². The Hall–Kier alpha value is -2.25. The number of carboxylic acids is 1. The average molecular weight is 250 g/mol. The molecule has 0 saturated heterocycles. The van der Waals surface area contributed by atoms with Gasteiger partial charge in [-0.05, 0) is 23.8 Å². The summed E-state index contributed by atoms with van der Waals surface area (Å²) in [4.78, 5) is 16.7. The molecule has 2 heterocycles. The van der Waals surface area contributed by atoms with Gasteiger partial charge in [0, 0.05) is 6.04 Å². The SMILES string of the molecule is CCC(C)N(CC(=O)O)c1cncc2nnnn12. The molecule has 1 unspecified atom stereocenters. The van der Waals surface area contributed by atoms with Crippen LogP contribution in [0.3, 0.4) is 0 Å². The highest BCUT2D eigenvalue weighted by Crippen LogP contribution is 2.17. The highest BCUT2D eigenvalue weighted by atomic mass is 16.4. The highest BCUT2D eigenvalue weighted by Gasteiger charge is 2.20. The number of nitrogens with zero attached hydrogens (tertiary/aromatic N) is 6. The maximum absolute atomic E-state index is 11.0. The lowest BCUT2D eigenvalue weighted by Crippen LogP contribution is -2.38. The van der Waals surface area contributed by atoms with Crippen molar-refractivity contribution in [1.82, 2.24) is 25.0 Å². The van der Waals surface area contributed by atoms with Crippen LogP contribution in [0.25, 0.3) is 5.65 Å².